The third-order valence-corrected chi connectivity index (χ3v) is 8.88. The third kappa shape index (κ3) is 7.06. The second-order valence-corrected chi connectivity index (χ2v) is 12.9. The first-order valence-corrected chi connectivity index (χ1v) is 14.6. The minimum absolute atomic E-state index is 0.00810. The molecular weight excluding hydrogens is 567 g/mol. The molecule has 43 heavy (non-hydrogen) atoms. The van der Waals surface area contributed by atoms with Gasteiger partial charge in [-0.15, -0.1) is 0 Å². The van der Waals surface area contributed by atoms with Gasteiger partial charge in [0.25, 0.3) is 0 Å². The van der Waals surface area contributed by atoms with Crippen LogP contribution >= 0.6 is 0 Å². The van der Waals surface area contributed by atoms with E-state index >= 15 is 0 Å². The van der Waals surface area contributed by atoms with Crippen molar-refractivity contribution in [3.8, 4) is 11.3 Å². The lowest BCUT2D eigenvalue weighted by atomic mass is 9.68. The fourth-order valence-electron chi connectivity index (χ4n) is 6.65. The molecule has 0 atom stereocenters. The van der Waals surface area contributed by atoms with E-state index in [9.17, 15) is 31.5 Å². The highest BCUT2D eigenvalue weighted by molar-refractivity contribution is 5.96. The fraction of sp³-hybridized carbons (Fsp3) is 0.485. The number of hydrogen-bond acceptors (Lipinski definition) is 5. The van der Waals surface area contributed by atoms with Crippen molar-refractivity contribution in [2.45, 2.75) is 82.8 Å². The Morgan fingerprint density at radius 1 is 0.953 bits per heavy atom. The predicted octanol–water partition coefficient (Wildman–Crippen LogP) is 8.17. The summed E-state index contributed by atoms with van der Waals surface area (Å²) in [5.74, 6) is -2.08. The van der Waals surface area contributed by atoms with E-state index in [1.165, 1.54) is 24.6 Å². The van der Waals surface area contributed by atoms with Gasteiger partial charge in [0.2, 0.25) is 0 Å². The smallest absolute Gasteiger partial charge is 0.355 e. The standard InChI is InChI=1S/C33H35F5N2O3/c1-31(2,21-7-6-8-22(13-21)33(36,37)38)16-25(41)17-32(19-40(20-32)24-9-4-3-5-10-24)18-29(42)28-15-30(43-39-28)26-12-11-23(34)14-27(26)35/h6-8,11-15,24H,3-5,9-10,16-20H2,1-2H3. The van der Waals surface area contributed by atoms with Crippen LogP contribution < -0.4 is 0 Å². The highest BCUT2D eigenvalue weighted by atomic mass is 19.4. The Bertz CT molecular complexity index is 1480. The molecule has 0 spiro atoms. The number of ketones is 2. The van der Waals surface area contributed by atoms with Crippen LogP contribution in [0.3, 0.4) is 0 Å². The summed E-state index contributed by atoms with van der Waals surface area (Å²) in [4.78, 5) is 29.3. The van der Waals surface area contributed by atoms with E-state index in [1.54, 1.807) is 19.9 Å². The number of hydrogen-bond donors (Lipinski definition) is 0. The SMILES string of the molecule is CC(C)(CC(=O)CC1(CC(=O)c2cc(-c3ccc(F)cc3F)on2)CN(C2CCCCC2)C1)c1cccc(C(F)(F)F)c1. The van der Waals surface area contributed by atoms with E-state index in [0.717, 1.165) is 49.9 Å². The van der Waals surface area contributed by atoms with Gasteiger partial charge < -0.3 is 4.52 Å². The van der Waals surface area contributed by atoms with Gasteiger partial charge in [-0.1, -0.05) is 56.5 Å². The van der Waals surface area contributed by atoms with E-state index in [2.05, 4.69) is 10.1 Å². The summed E-state index contributed by atoms with van der Waals surface area (Å²) in [6.45, 7) is 4.60. The average molecular weight is 603 g/mol. The van der Waals surface area contributed by atoms with Crippen molar-refractivity contribution >= 4 is 11.6 Å². The molecule has 1 saturated carbocycles. The Morgan fingerprint density at radius 3 is 2.33 bits per heavy atom. The van der Waals surface area contributed by atoms with Gasteiger partial charge in [0.05, 0.1) is 11.1 Å². The molecule has 10 heteroatoms. The second kappa shape index (κ2) is 11.9. The zero-order chi connectivity index (χ0) is 31.0. The number of rotatable bonds is 10. The molecule has 1 saturated heterocycles. The summed E-state index contributed by atoms with van der Waals surface area (Å²) in [6, 6.07) is 9.77. The number of aromatic nitrogens is 1. The third-order valence-electron chi connectivity index (χ3n) is 8.88. The van der Waals surface area contributed by atoms with Gasteiger partial charge >= 0.3 is 6.18 Å². The van der Waals surface area contributed by atoms with Crippen molar-refractivity contribution in [3.05, 3.63) is 77.0 Å². The molecule has 3 aromatic rings. The van der Waals surface area contributed by atoms with Crippen LogP contribution in [-0.4, -0.2) is 40.8 Å². The number of carbonyl (C=O) groups excluding carboxylic acids is 2. The molecule has 230 valence electrons. The van der Waals surface area contributed by atoms with Crippen LogP contribution in [0.5, 0.6) is 0 Å². The largest absolute Gasteiger partial charge is 0.416 e. The van der Waals surface area contributed by atoms with Gasteiger partial charge in [-0.25, -0.2) is 8.78 Å². The lowest BCUT2D eigenvalue weighted by Crippen LogP contribution is -2.61. The number of halogens is 5. The average Bonchev–Trinajstić information content (AvgIpc) is 3.41. The van der Waals surface area contributed by atoms with Crippen molar-refractivity contribution < 1.29 is 36.1 Å². The molecule has 0 unspecified atom stereocenters. The van der Waals surface area contributed by atoms with Crippen LogP contribution in [0.1, 0.15) is 86.8 Å². The van der Waals surface area contributed by atoms with Crippen LogP contribution in [0.4, 0.5) is 22.0 Å². The van der Waals surface area contributed by atoms with E-state index < -0.39 is 34.2 Å². The van der Waals surface area contributed by atoms with Crippen LogP contribution in [0.25, 0.3) is 11.3 Å². The van der Waals surface area contributed by atoms with Gasteiger partial charge in [0.15, 0.2) is 11.5 Å². The molecule has 0 radical (unpaired) electrons. The zero-order valence-corrected chi connectivity index (χ0v) is 24.3. The van der Waals surface area contributed by atoms with Crippen molar-refractivity contribution in [1.82, 2.24) is 10.1 Å². The normalized spacial score (nSPS) is 17.9. The molecule has 2 aliphatic rings. The number of likely N-dealkylation sites (tertiary alicyclic amines) is 1. The first kappa shape index (κ1) is 31.0. The Balaban J connectivity index is 1.32. The maximum absolute atomic E-state index is 14.3. The summed E-state index contributed by atoms with van der Waals surface area (Å²) in [5, 5.41) is 3.84. The van der Waals surface area contributed by atoms with Crippen molar-refractivity contribution in [3.63, 3.8) is 0 Å². The summed E-state index contributed by atoms with van der Waals surface area (Å²) in [6.07, 6.45) is 1.25. The van der Waals surface area contributed by atoms with Crippen LogP contribution in [-0.2, 0) is 16.4 Å². The minimum Gasteiger partial charge on any atom is -0.355 e. The first-order chi connectivity index (χ1) is 20.2. The molecule has 0 amide bonds. The van der Waals surface area contributed by atoms with Crippen LogP contribution in [0.2, 0.25) is 0 Å². The van der Waals surface area contributed by atoms with Gasteiger partial charge in [-0.2, -0.15) is 13.2 Å². The zero-order valence-electron chi connectivity index (χ0n) is 24.3. The van der Waals surface area contributed by atoms with Crippen LogP contribution in [0, 0.1) is 17.0 Å². The molecule has 2 heterocycles. The van der Waals surface area contributed by atoms with E-state index in [4.69, 9.17) is 4.52 Å². The predicted molar refractivity (Wildman–Crippen MR) is 150 cm³/mol. The molecule has 5 rings (SSSR count). The van der Waals surface area contributed by atoms with Crippen molar-refractivity contribution in [2.75, 3.05) is 13.1 Å². The molecule has 5 nitrogen and oxygen atoms in total. The lowest BCUT2D eigenvalue weighted by Gasteiger charge is -2.54. The lowest BCUT2D eigenvalue weighted by molar-refractivity contribution is -0.137. The maximum Gasteiger partial charge on any atom is 0.416 e. The second-order valence-electron chi connectivity index (χ2n) is 12.9. The Hall–Kier alpha value is -3.40. The molecular formula is C33H35F5N2O3. The molecule has 2 fully saturated rings. The maximum atomic E-state index is 14.3. The van der Waals surface area contributed by atoms with Gasteiger partial charge in [-0.05, 0) is 42.0 Å². The highest BCUT2D eigenvalue weighted by Gasteiger charge is 2.48. The van der Waals surface area contributed by atoms with E-state index in [-0.39, 0.29) is 47.8 Å². The van der Waals surface area contributed by atoms with Gasteiger partial charge in [0.1, 0.15) is 23.1 Å². The molecule has 1 aliphatic heterocycles. The Labute approximate surface area is 247 Å². The van der Waals surface area contributed by atoms with Crippen molar-refractivity contribution in [1.29, 1.82) is 0 Å². The first-order valence-electron chi connectivity index (χ1n) is 14.6. The molecule has 0 N–H and O–H groups in total. The number of alkyl halides is 3. The molecule has 1 aromatic heterocycles. The molecule has 1 aliphatic carbocycles. The van der Waals surface area contributed by atoms with Crippen molar-refractivity contribution in [2.24, 2.45) is 5.41 Å². The Kier molecular flexibility index (Phi) is 8.62. The van der Waals surface area contributed by atoms with Crippen LogP contribution in [0.15, 0.2) is 53.1 Å². The van der Waals surface area contributed by atoms with E-state index in [1.807, 2.05) is 0 Å². The summed E-state index contributed by atoms with van der Waals surface area (Å²) in [7, 11) is 0. The number of benzene rings is 2. The summed E-state index contributed by atoms with van der Waals surface area (Å²) in [5.41, 5.74) is -1.89. The quantitative estimate of drug-likeness (QED) is 0.173. The minimum atomic E-state index is -4.49. The number of nitrogens with zero attached hydrogens (tertiary/aromatic N) is 2. The molecule has 0 bridgehead atoms. The van der Waals surface area contributed by atoms with Gasteiger partial charge in [-0.3, -0.25) is 14.5 Å². The number of carbonyl (C=O) groups is 2. The van der Waals surface area contributed by atoms with E-state index in [0.29, 0.717) is 24.7 Å². The Morgan fingerprint density at radius 2 is 1.65 bits per heavy atom. The fourth-order valence-corrected chi connectivity index (χ4v) is 6.65. The van der Waals surface area contributed by atoms with Gasteiger partial charge in [0, 0.05) is 55.9 Å². The summed E-state index contributed by atoms with van der Waals surface area (Å²) < 4.78 is 72.8. The highest BCUT2D eigenvalue weighted by Crippen LogP contribution is 2.44. The monoisotopic (exact) mass is 602 g/mol. The number of Topliss-reactive ketones (excluding diaryl/α,β-unsaturated/α-hetero) is 2. The summed E-state index contributed by atoms with van der Waals surface area (Å²) >= 11 is 0. The molecule has 2 aromatic carbocycles. The topological polar surface area (TPSA) is 63.4 Å².